The van der Waals surface area contributed by atoms with Crippen LogP contribution in [0.25, 0.3) is 0 Å². The van der Waals surface area contributed by atoms with Crippen LogP contribution in [-0.4, -0.2) is 42.3 Å². The number of aliphatic hydroxyl groups is 1. The monoisotopic (exact) mass is 232 g/mol. The standard InChI is InChI=1S/C9H16N2O3S/c1-7-3-4-11(9(7)6-12)15(13,14)8(2)5-10/h7-9,12H,3-4,6H2,1-2H3. The molecule has 0 bridgehead atoms. The molecule has 0 aromatic heterocycles. The van der Waals surface area contributed by atoms with Gasteiger partial charge in [-0.1, -0.05) is 6.92 Å². The van der Waals surface area contributed by atoms with Crippen molar-refractivity contribution in [1.29, 1.82) is 5.26 Å². The predicted molar refractivity (Wildman–Crippen MR) is 55.4 cm³/mol. The van der Waals surface area contributed by atoms with E-state index in [4.69, 9.17) is 10.4 Å². The average molecular weight is 232 g/mol. The molecule has 1 aliphatic heterocycles. The molecule has 0 spiro atoms. The molecule has 0 aromatic rings. The van der Waals surface area contributed by atoms with Crippen LogP contribution in [-0.2, 0) is 10.0 Å². The molecule has 0 saturated carbocycles. The van der Waals surface area contributed by atoms with Gasteiger partial charge in [0.2, 0.25) is 10.0 Å². The van der Waals surface area contributed by atoms with E-state index in [2.05, 4.69) is 0 Å². The first kappa shape index (κ1) is 12.4. The quantitative estimate of drug-likeness (QED) is 0.738. The molecule has 3 unspecified atom stereocenters. The van der Waals surface area contributed by atoms with Crippen molar-refractivity contribution in [3.63, 3.8) is 0 Å². The second kappa shape index (κ2) is 4.47. The largest absolute Gasteiger partial charge is 0.395 e. The fourth-order valence-corrected chi connectivity index (χ4v) is 3.38. The number of hydrogen-bond donors (Lipinski definition) is 1. The van der Waals surface area contributed by atoms with Crippen LogP contribution in [0.15, 0.2) is 0 Å². The van der Waals surface area contributed by atoms with Crippen LogP contribution in [0.4, 0.5) is 0 Å². The van der Waals surface area contributed by atoms with Gasteiger partial charge in [-0.2, -0.15) is 9.57 Å². The lowest BCUT2D eigenvalue weighted by molar-refractivity contribution is 0.191. The SMILES string of the molecule is CC1CCN(S(=O)(=O)C(C)C#N)C1CO. The van der Waals surface area contributed by atoms with E-state index >= 15 is 0 Å². The van der Waals surface area contributed by atoms with E-state index in [1.165, 1.54) is 11.2 Å². The fraction of sp³-hybridized carbons (Fsp3) is 0.889. The Bertz CT molecular complexity index is 360. The van der Waals surface area contributed by atoms with Gasteiger partial charge in [-0.15, -0.1) is 0 Å². The minimum Gasteiger partial charge on any atom is -0.395 e. The van der Waals surface area contributed by atoms with Gasteiger partial charge in [0.15, 0.2) is 5.25 Å². The molecule has 3 atom stereocenters. The van der Waals surface area contributed by atoms with E-state index in [0.29, 0.717) is 6.54 Å². The molecular formula is C9H16N2O3S. The van der Waals surface area contributed by atoms with E-state index in [1.807, 2.05) is 6.92 Å². The maximum absolute atomic E-state index is 11.9. The van der Waals surface area contributed by atoms with E-state index in [1.54, 1.807) is 6.07 Å². The van der Waals surface area contributed by atoms with E-state index in [0.717, 1.165) is 6.42 Å². The van der Waals surface area contributed by atoms with Crippen LogP contribution in [0.1, 0.15) is 20.3 Å². The number of hydrogen-bond acceptors (Lipinski definition) is 4. The predicted octanol–water partition coefficient (Wildman–Crippen LogP) is -0.0690. The van der Waals surface area contributed by atoms with Crippen LogP contribution in [0.5, 0.6) is 0 Å². The number of aliphatic hydroxyl groups excluding tert-OH is 1. The highest BCUT2D eigenvalue weighted by Gasteiger charge is 2.40. The van der Waals surface area contributed by atoms with E-state index < -0.39 is 15.3 Å². The summed E-state index contributed by atoms with van der Waals surface area (Å²) >= 11 is 0. The molecule has 1 rings (SSSR count). The number of nitrogens with zero attached hydrogens (tertiary/aromatic N) is 2. The normalized spacial score (nSPS) is 30.0. The van der Waals surface area contributed by atoms with Crippen LogP contribution in [0.2, 0.25) is 0 Å². The van der Waals surface area contributed by atoms with Gasteiger partial charge < -0.3 is 5.11 Å². The number of nitriles is 1. The van der Waals surface area contributed by atoms with Gasteiger partial charge in [-0.3, -0.25) is 0 Å². The molecule has 1 saturated heterocycles. The minimum atomic E-state index is -3.57. The summed E-state index contributed by atoms with van der Waals surface area (Å²) in [5.74, 6) is 0.149. The van der Waals surface area contributed by atoms with Crippen molar-refractivity contribution in [2.75, 3.05) is 13.2 Å². The van der Waals surface area contributed by atoms with Crippen molar-refractivity contribution in [2.45, 2.75) is 31.6 Å². The highest BCUT2D eigenvalue weighted by molar-refractivity contribution is 7.90. The summed E-state index contributed by atoms with van der Waals surface area (Å²) in [6.45, 7) is 3.50. The third kappa shape index (κ3) is 2.14. The Morgan fingerprint density at radius 2 is 2.27 bits per heavy atom. The molecule has 1 N–H and O–H groups in total. The molecule has 0 aliphatic carbocycles. The summed E-state index contributed by atoms with van der Waals surface area (Å²) in [5, 5.41) is 16.7. The van der Waals surface area contributed by atoms with Crippen molar-refractivity contribution in [2.24, 2.45) is 5.92 Å². The maximum atomic E-state index is 11.9. The molecule has 0 aromatic carbocycles. The fourth-order valence-electron chi connectivity index (χ4n) is 1.83. The van der Waals surface area contributed by atoms with Gasteiger partial charge in [0.25, 0.3) is 0 Å². The molecule has 1 heterocycles. The van der Waals surface area contributed by atoms with Gasteiger partial charge in [0.05, 0.1) is 18.7 Å². The molecule has 1 fully saturated rings. The second-order valence-corrected chi connectivity index (χ2v) is 6.15. The van der Waals surface area contributed by atoms with Crippen molar-refractivity contribution in [1.82, 2.24) is 4.31 Å². The van der Waals surface area contributed by atoms with Gasteiger partial charge in [-0.05, 0) is 19.3 Å². The zero-order valence-corrected chi connectivity index (χ0v) is 9.74. The van der Waals surface area contributed by atoms with E-state index in [-0.39, 0.29) is 18.6 Å². The Kier molecular flexibility index (Phi) is 3.71. The topological polar surface area (TPSA) is 81.4 Å². The van der Waals surface area contributed by atoms with Crippen molar-refractivity contribution in [3.8, 4) is 6.07 Å². The smallest absolute Gasteiger partial charge is 0.230 e. The zero-order chi connectivity index (χ0) is 11.6. The van der Waals surface area contributed by atoms with Gasteiger partial charge >= 0.3 is 0 Å². The Balaban J connectivity index is 2.95. The third-order valence-electron chi connectivity index (χ3n) is 2.97. The summed E-state index contributed by atoms with van der Waals surface area (Å²) in [5.41, 5.74) is 0. The van der Waals surface area contributed by atoms with E-state index in [9.17, 15) is 8.42 Å². The van der Waals surface area contributed by atoms with Crippen molar-refractivity contribution in [3.05, 3.63) is 0 Å². The number of rotatable bonds is 3. The Morgan fingerprint density at radius 1 is 1.67 bits per heavy atom. The van der Waals surface area contributed by atoms with Gasteiger partial charge in [0, 0.05) is 6.54 Å². The maximum Gasteiger partial charge on any atom is 0.230 e. The van der Waals surface area contributed by atoms with Crippen LogP contribution in [0.3, 0.4) is 0 Å². The molecular weight excluding hydrogens is 216 g/mol. The van der Waals surface area contributed by atoms with Gasteiger partial charge in [-0.25, -0.2) is 8.42 Å². The molecule has 0 amide bonds. The second-order valence-electron chi connectivity index (χ2n) is 3.94. The first-order chi connectivity index (χ1) is 6.95. The Labute approximate surface area is 90.4 Å². The lowest BCUT2D eigenvalue weighted by atomic mass is 10.0. The Hall–Kier alpha value is -0.640. The summed E-state index contributed by atoms with van der Waals surface area (Å²) in [7, 11) is -3.57. The molecule has 15 heavy (non-hydrogen) atoms. The lowest BCUT2D eigenvalue weighted by Crippen LogP contribution is -2.43. The molecule has 5 nitrogen and oxygen atoms in total. The summed E-state index contributed by atoms with van der Waals surface area (Å²) in [6.07, 6.45) is 0.739. The average Bonchev–Trinajstić information content (AvgIpc) is 2.58. The number of sulfonamides is 1. The first-order valence-corrected chi connectivity index (χ1v) is 6.46. The van der Waals surface area contributed by atoms with Crippen molar-refractivity contribution < 1.29 is 13.5 Å². The highest BCUT2D eigenvalue weighted by atomic mass is 32.2. The Morgan fingerprint density at radius 3 is 2.73 bits per heavy atom. The van der Waals surface area contributed by atoms with Crippen LogP contribution >= 0.6 is 0 Å². The van der Waals surface area contributed by atoms with Crippen LogP contribution < -0.4 is 0 Å². The molecule has 1 aliphatic rings. The van der Waals surface area contributed by atoms with Crippen molar-refractivity contribution >= 4 is 10.0 Å². The lowest BCUT2D eigenvalue weighted by Gasteiger charge is -2.25. The third-order valence-corrected chi connectivity index (χ3v) is 5.08. The molecule has 6 heteroatoms. The zero-order valence-electron chi connectivity index (χ0n) is 8.92. The molecule has 86 valence electrons. The highest BCUT2D eigenvalue weighted by Crippen LogP contribution is 2.27. The summed E-state index contributed by atoms with van der Waals surface area (Å²) in [6, 6.07) is 1.36. The van der Waals surface area contributed by atoms with Crippen LogP contribution in [0, 0.1) is 17.2 Å². The first-order valence-electron chi connectivity index (χ1n) is 4.96. The molecule has 0 radical (unpaired) electrons. The summed E-state index contributed by atoms with van der Waals surface area (Å²) < 4.78 is 25.0. The van der Waals surface area contributed by atoms with Gasteiger partial charge in [0.1, 0.15) is 0 Å². The summed E-state index contributed by atoms with van der Waals surface area (Å²) in [4.78, 5) is 0. The minimum absolute atomic E-state index is 0.149.